The summed E-state index contributed by atoms with van der Waals surface area (Å²) in [4.78, 5) is 37.6. The molecule has 1 rings (SSSR count). The van der Waals surface area contributed by atoms with Crippen LogP contribution in [0, 0.1) is 0 Å². The van der Waals surface area contributed by atoms with Gasteiger partial charge in [-0.25, -0.2) is 0 Å². The first-order valence-corrected chi connectivity index (χ1v) is 11.4. The number of carbonyl (C=O) groups excluding carboxylic acids is 4. The zero-order chi connectivity index (χ0) is 24.7. The van der Waals surface area contributed by atoms with Gasteiger partial charge in [0.2, 0.25) is 19.2 Å². The molecule has 0 saturated carbocycles. The number of hydrogen-bond donors (Lipinski definition) is 4. The van der Waals surface area contributed by atoms with Crippen LogP contribution in [0.25, 0.3) is 0 Å². The van der Waals surface area contributed by atoms with Crippen LogP contribution in [0.4, 0.5) is 0 Å². The molecule has 0 bridgehead atoms. The Balaban J connectivity index is -0.000000801. The van der Waals surface area contributed by atoms with E-state index in [1.165, 1.54) is 70.6 Å². The highest BCUT2D eigenvalue weighted by Gasteiger charge is 2.02. The van der Waals surface area contributed by atoms with Crippen LogP contribution in [0.5, 0.6) is 0 Å². The lowest BCUT2D eigenvalue weighted by molar-refractivity contribution is -0.107. The summed E-state index contributed by atoms with van der Waals surface area (Å²) in [5.74, 6) is 0.0497. The Labute approximate surface area is 193 Å². The van der Waals surface area contributed by atoms with E-state index in [0.29, 0.717) is 0 Å². The molecule has 0 heterocycles. The van der Waals surface area contributed by atoms with Crippen LogP contribution in [0.3, 0.4) is 0 Å². The Morgan fingerprint density at radius 2 is 1.03 bits per heavy atom. The average Bonchev–Trinajstić information content (AvgIpc) is 2.79. The maximum Gasteiger partial charge on any atom is 0.251 e. The summed E-state index contributed by atoms with van der Waals surface area (Å²) < 4.78 is 0. The molecule has 0 aliphatic heterocycles. The van der Waals surface area contributed by atoms with Crippen LogP contribution >= 0.6 is 0 Å². The van der Waals surface area contributed by atoms with Gasteiger partial charge in [-0.3, -0.25) is 19.2 Å². The van der Waals surface area contributed by atoms with E-state index in [-0.39, 0.29) is 25.1 Å². The number of primary amides is 3. The van der Waals surface area contributed by atoms with Crippen LogP contribution in [0.2, 0.25) is 0 Å². The first-order chi connectivity index (χ1) is 15.6. The Morgan fingerprint density at radius 1 is 0.688 bits per heavy atom. The molecule has 0 aliphatic rings. The number of nitrogens with one attached hydrogen (secondary N) is 1. The summed E-state index contributed by atoms with van der Waals surface area (Å²) in [5, 5.41) is 3.00. The second-order valence-electron chi connectivity index (χ2n) is 6.92. The Hall–Kier alpha value is -2.90. The predicted octanol–water partition coefficient (Wildman–Crippen LogP) is 3.42. The quantitative estimate of drug-likeness (QED) is 0.252. The standard InChI is InChI=1S/C21H35NO.3CH3NO/c1-2-3-4-5-6-7-8-9-10-11-12-16-19-22-21(23)20-17-14-13-15-18-20;3*2-1-3/h13-15,17-18H,2-12,16,19H2,1H3,(H,22,23);3*1H,(H2,2,3). The van der Waals surface area contributed by atoms with Gasteiger partial charge in [-0.1, -0.05) is 95.8 Å². The predicted molar refractivity (Wildman–Crippen MR) is 131 cm³/mol. The van der Waals surface area contributed by atoms with Crippen molar-refractivity contribution in [3.63, 3.8) is 0 Å². The molecule has 0 fully saturated rings. The summed E-state index contributed by atoms with van der Waals surface area (Å²) >= 11 is 0. The summed E-state index contributed by atoms with van der Waals surface area (Å²) in [6.45, 7) is 3.07. The third kappa shape index (κ3) is 31.8. The van der Waals surface area contributed by atoms with E-state index in [1.807, 2.05) is 30.3 Å². The average molecular weight is 453 g/mol. The Kier molecular flexibility index (Phi) is 34.5. The minimum atomic E-state index is 0.0497. The van der Waals surface area contributed by atoms with Gasteiger partial charge in [-0.2, -0.15) is 0 Å². The second-order valence-corrected chi connectivity index (χ2v) is 6.92. The van der Waals surface area contributed by atoms with Crippen molar-refractivity contribution in [2.24, 2.45) is 17.2 Å². The monoisotopic (exact) mass is 452 g/mol. The third-order valence-corrected chi connectivity index (χ3v) is 4.35. The van der Waals surface area contributed by atoms with Crippen molar-refractivity contribution >= 4 is 25.1 Å². The SMILES string of the molecule is CCCCCCCCCCCCCCNC(=O)c1ccccc1.NC=O.NC=O.NC=O. The van der Waals surface area contributed by atoms with Gasteiger partial charge >= 0.3 is 0 Å². The molecular weight excluding hydrogens is 408 g/mol. The molecule has 0 spiro atoms. The van der Waals surface area contributed by atoms with Gasteiger partial charge in [-0.15, -0.1) is 0 Å². The van der Waals surface area contributed by atoms with E-state index in [9.17, 15) is 4.79 Å². The number of rotatable bonds is 14. The Bertz CT molecular complexity index is 514. The normalized spacial score (nSPS) is 8.78. The lowest BCUT2D eigenvalue weighted by Crippen LogP contribution is -2.24. The molecule has 4 amide bonds. The number of nitrogens with two attached hydrogens (primary N) is 3. The van der Waals surface area contributed by atoms with Gasteiger partial charge in [0.1, 0.15) is 0 Å². The molecular formula is C24H44N4O4. The second kappa shape index (κ2) is 32.8. The zero-order valence-electron chi connectivity index (χ0n) is 19.7. The number of hydrogen-bond acceptors (Lipinski definition) is 4. The molecule has 8 nitrogen and oxygen atoms in total. The number of carbonyl (C=O) groups is 4. The minimum absolute atomic E-state index is 0.0497. The van der Waals surface area contributed by atoms with Gasteiger partial charge in [0.05, 0.1) is 0 Å². The zero-order valence-corrected chi connectivity index (χ0v) is 19.7. The molecule has 0 aromatic heterocycles. The van der Waals surface area contributed by atoms with Crippen molar-refractivity contribution in [1.29, 1.82) is 0 Å². The molecule has 1 aromatic rings. The van der Waals surface area contributed by atoms with Gasteiger partial charge in [0.15, 0.2) is 0 Å². The van der Waals surface area contributed by atoms with Gasteiger partial charge in [-0.05, 0) is 18.6 Å². The van der Waals surface area contributed by atoms with Crippen molar-refractivity contribution < 1.29 is 19.2 Å². The molecule has 0 radical (unpaired) electrons. The maximum absolute atomic E-state index is 11.8. The highest BCUT2D eigenvalue weighted by Crippen LogP contribution is 2.11. The topological polar surface area (TPSA) is 158 Å². The van der Waals surface area contributed by atoms with E-state index in [0.717, 1.165) is 18.5 Å². The summed E-state index contributed by atoms with van der Waals surface area (Å²) in [6.07, 6.45) is 16.9. The number of amides is 4. The highest BCUT2D eigenvalue weighted by molar-refractivity contribution is 5.94. The van der Waals surface area contributed by atoms with Crippen LogP contribution < -0.4 is 22.5 Å². The lowest BCUT2D eigenvalue weighted by atomic mass is 10.1. The van der Waals surface area contributed by atoms with E-state index in [1.54, 1.807) is 0 Å². The van der Waals surface area contributed by atoms with Crippen molar-refractivity contribution in [1.82, 2.24) is 5.32 Å². The minimum Gasteiger partial charge on any atom is -0.372 e. The van der Waals surface area contributed by atoms with Crippen molar-refractivity contribution in [2.45, 2.75) is 84.0 Å². The molecule has 8 heteroatoms. The Morgan fingerprint density at radius 3 is 1.41 bits per heavy atom. The summed E-state index contributed by atoms with van der Waals surface area (Å²) in [7, 11) is 0. The lowest BCUT2D eigenvalue weighted by Gasteiger charge is -2.05. The number of unbranched alkanes of at least 4 members (excludes halogenated alkanes) is 11. The molecule has 0 aliphatic carbocycles. The highest BCUT2D eigenvalue weighted by atomic mass is 16.1. The molecule has 1 aromatic carbocycles. The molecule has 184 valence electrons. The largest absolute Gasteiger partial charge is 0.372 e. The van der Waals surface area contributed by atoms with Gasteiger partial charge in [0.25, 0.3) is 5.91 Å². The first kappa shape index (κ1) is 33.7. The van der Waals surface area contributed by atoms with E-state index >= 15 is 0 Å². The van der Waals surface area contributed by atoms with Crippen LogP contribution in [-0.4, -0.2) is 31.7 Å². The molecule has 7 N–H and O–H groups in total. The molecule has 0 atom stereocenters. The van der Waals surface area contributed by atoms with Gasteiger partial charge in [0, 0.05) is 12.1 Å². The molecule has 32 heavy (non-hydrogen) atoms. The van der Waals surface area contributed by atoms with Crippen molar-refractivity contribution in [3.8, 4) is 0 Å². The van der Waals surface area contributed by atoms with E-state index < -0.39 is 0 Å². The smallest absolute Gasteiger partial charge is 0.251 e. The summed E-state index contributed by atoms with van der Waals surface area (Å²) in [5.41, 5.74) is 13.3. The fraction of sp³-hybridized carbons (Fsp3) is 0.583. The van der Waals surface area contributed by atoms with E-state index in [2.05, 4.69) is 29.4 Å². The van der Waals surface area contributed by atoms with Crippen molar-refractivity contribution in [3.05, 3.63) is 35.9 Å². The fourth-order valence-electron chi connectivity index (χ4n) is 2.86. The maximum atomic E-state index is 11.8. The third-order valence-electron chi connectivity index (χ3n) is 4.35. The molecule has 0 saturated heterocycles. The molecule has 0 unspecified atom stereocenters. The first-order valence-electron chi connectivity index (χ1n) is 11.4. The van der Waals surface area contributed by atoms with E-state index in [4.69, 9.17) is 14.4 Å². The van der Waals surface area contributed by atoms with Crippen molar-refractivity contribution in [2.75, 3.05) is 6.54 Å². The summed E-state index contributed by atoms with van der Waals surface area (Å²) in [6, 6.07) is 9.45. The van der Waals surface area contributed by atoms with Gasteiger partial charge < -0.3 is 22.5 Å². The fourth-order valence-corrected chi connectivity index (χ4v) is 2.86. The van der Waals surface area contributed by atoms with Crippen LogP contribution in [0.1, 0.15) is 94.3 Å². The number of benzene rings is 1. The van der Waals surface area contributed by atoms with Crippen LogP contribution in [0.15, 0.2) is 30.3 Å². The van der Waals surface area contributed by atoms with Crippen LogP contribution in [-0.2, 0) is 14.4 Å².